The van der Waals surface area contributed by atoms with E-state index in [-0.39, 0.29) is 11.8 Å². The summed E-state index contributed by atoms with van der Waals surface area (Å²) in [5, 5.41) is 20.3. The summed E-state index contributed by atoms with van der Waals surface area (Å²) in [4.78, 5) is 10.1. The number of aliphatic hydroxyl groups excluding tert-OH is 1. The standard InChI is InChI=1S/C14H21NO3/c1-2-3-4-5-6-14(16)11-12-7-9-13(10-8-12)15(17)18/h7-10,14,16H,2-6,11H2,1H3. The molecule has 1 unspecified atom stereocenters. The van der Waals surface area contributed by atoms with Gasteiger partial charge in [0.2, 0.25) is 0 Å². The molecule has 0 aliphatic heterocycles. The Morgan fingerprint density at radius 2 is 1.89 bits per heavy atom. The van der Waals surface area contributed by atoms with Crippen molar-refractivity contribution < 1.29 is 10.0 Å². The number of unbranched alkanes of at least 4 members (excludes halogenated alkanes) is 3. The van der Waals surface area contributed by atoms with Gasteiger partial charge in [-0.2, -0.15) is 0 Å². The molecular formula is C14H21NO3. The van der Waals surface area contributed by atoms with E-state index in [1.54, 1.807) is 12.1 Å². The van der Waals surface area contributed by atoms with E-state index in [4.69, 9.17) is 0 Å². The fourth-order valence-corrected chi connectivity index (χ4v) is 1.93. The molecule has 1 atom stereocenters. The van der Waals surface area contributed by atoms with Crippen LogP contribution < -0.4 is 0 Å². The Labute approximate surface area is 108 Å². The summed E-state index contributed by atoms with van der Waals surface area (Å²) in [6.45, 7) is 2.16. The monoisotopic (exact) mass is 251 g/mol. The molecule has 0 spiro atoms. The molecule has 0 radical (unpaired) electrons. The Hall–Kier alpha value is -1.42. The summed E-state index contributed by atoms with van der Waals surface area (Å²) in [7, 11) is 0. The molecule has 0 aliphatic rings. The quantitative estimate of drug-likeness (QED) is 0.437. The van der Waals surface area contributed by atoms with Gasteiger partial charge in [0.05, 0.1) is 11.0 Å². The maximum absolute atomic E-state index is 10.5. The van der Waals surface area contributed by atoms with E-state index in [0.29, 0.717) is 6.42 Å². The minimum atomic E-state index is -0.412. The number of rotatable bonds is 8. The van der Waals surface area contributed by atoms with Gasteiger partial charge >= 0.3 is 0 Å². The van der Waals surface area contributed by atoms with E-state index in [0.717, 1.165) is 24.8 Å². The largest absolute Gasteiger partial charge is 0.393 e. The second-order valence-electron chi connectivity index (χ2n) is 4.63. The zero-order chi connectivity index (χ0) is 13.4. The molecule has 0 heterocycles. The first-order valence-electron chi connectivity index (χ1n) is 6.55. The predicted molar refractivity (Wildman–Crippen MR) is 71.6 cm³/mol. The van der Waals surface area contributed by atoms with Crippen molar-refractivity contribution in [2.75, 3.05) is 0 Å². The maximum atomic E-state index is 10.5. The molecule has 0 amide bonds. The Morgan fingerprint density at radius 3 is 2.44 bits per heavy atom. The molecule has 0 aromatic heterocycles. The van der Waals surface area contributed by atoms with Crippen molar-refractivity contribution in [3.8, 4) is 0 Å². The summed E-state index contributed by atoms with van der Waals surface area (Å²) < 4.78 is 0. The third-order valence-electron chi connectivity index (χ3n) is 3.01. The van der Waals surface area contributed by atoms with Gasteiger partial charge in [0.15, 0.2) is 0 Å². The fourth-order valence-electron chi connectivity index (χ4n) is 1.93. The third-order valence-corrected chi connectivity index (χ3v) is 3.01. The van der Waals surface area contributed by atoms with Gasteiger partial charge < -0.3 is 5.11 Å². The molecule has 1 rings (SSSR count). The lowest BCUT2D eigenvalue weighted by Crippen LogP contribution is -2.10. The van der Waals surface area contributed by atoms with Crippen LogP contribution in [-0.2, 0) is 6.42 Å². The van der Waals surface area contributed by atoms with E-state index < -0.39 is 4.92 Å². The van der Waals surface area contributed by atoms with Crippen molar-refractivity contribution in [3.63, 3.8) is 0 Å². The van der Waals surface area contributed by atoms with Gasteiger partial charge in [-0.3, -0.25) is 10.1 Å². The molecule has 1 aromatic rings. The number of hydrogen-bond donors (Lipinski definition) is 1. The molecule has 0 aliphatic carbocycles. The number of hydrogen-bond acceptors (Lipinski definition) is 3. The zero-order valence-corrected chi connectivity index (χ0v) is 10.8. The Morgan fingerprint density at radius 1 is 1.22 bits per heavy atom. The van der Waals surface area contributed by atoms with Gasteiger partial charge in [0.1, 0.15) is 0 Å². The molecule has 0 saturated heterocycles. The van der Waals surface area contributed by atoms with Crippen molar-refractivity contribution in [2.24, 2.45) is 0 Å². The van der Waals surface area contributed by atoms with E-state index >= 15 is 0 Å². The SMILES string of the molecule is CCCCCCC(O)Cc1ccc([N+](=O)[O-])cc1. The molecule has 100 valence electrons. The number of nitro groups is 1. The molecule has 1 aromatic carbocycles. The molecule has 1 N–H and O–H groups in total. The smallest absolute Gasteiger partial charge is 0.269 e. The van der Waals surface area contributed by atoms with Crippen molar-refractivity contribution in [1.82, 2.24) is 0 Å². The highest BCUT2D eigenvalue weighted by atomic mass is 16.6. The van der Waals surface area contributed by atoms with Crippen LogP contribution in [0.2, 0.25) is 0 Å². The fraction of sp³-hybridized carbons (Fsp3) is 0.571. The van der Waals surface area contributed by atoms with E-state index in [1.807, 2.05) is 0 Å². The van der Waals surface area contributed by atoms with E-state index in [9.17, 15) is 15.2 Å². The Balaban J connectivity index is 2.35. The molecule has 0 bridgehead atoms. The number of nitrogens with zero attached hydrogens (tertiary/aromatic N) is 1. The number of aliphatic hydroxyl groups is 1. The highest BCUT2D eigenvalue weighted by molar-refractivity contribution is 5.33. The van der Waals surface area contributed by atoms with Crippen LogP contribution in [0, 0.1) is 10.1 Å². The van der Waals surface area contributed by atoms with Crippen molar-refractivity contribution in [3.05, 3.63) is 39.9 Å². The number of benzene rings is 1. The summed E-state index contributed by atoms with van der Waals surface area (Å²) in [6.07, 6.45) is 5.64. The molecule has 4 nitrogen and oxygen atoms in total. The predicted octanol–water partition coefficient (Wildman–Crippen LogP) is 3.47. The lowest BCUT2D eigenvalue weighted by atomic mass is 10.0. The van der Waals surface area contributed by atoms with Crippen LogP contribution in [-0.4, -0.2) is 16.1 Å². The Bertz CT molecular complexity index is 362. The second kappa shape index (κ2) is 7.82. The van der Waals surface area contributed by atoms with Gasteiger partial charge in [-0.25, -0.2) is 0 Å². The summed E-state index contributed by atoms with van der Waals surface area (Å²) in [5.74, 6) is 0. The molecule has 18 heavy (non-hydrogen) atoms. The lowest BCUT2D eigenvalue weighted by molar-refractivity contribution is -0.384. The topological polar surface area (TPSA) is 63.4 Å². The average molecular weight is 251 g/mol. The molecule has 4 heteroatoms. The first kappa shape index (κ1) is 14.6. The minimum absolute atomic E-state index is 0.0937. The normalized spacial score (nSPS) is 12.3. The van der Waals surface area contributed by atoms with Gasteiger partial charge in [-0.1, -0.05) is 44.7 Å². The highest BCUT2D eigenvalue weighted by Crippen LogP contribution is 2.15. The minimum Gasteiger partial charge on any atom is -0.393 e. The molecule has 0 fully saturated rings. The lowest BCUT2D eigenvalue weighted by Gasteiger charge is -2.10. The van der Waals surface area contributed by atoms with Gasteiger partial charge in [-0.15, -0.1) is 0 Å². The maximum Gasteiger partial charge on any atom is 0.269 e. The molecular weight excluding hydrogens is 230 g/mol. The van der Waals surface area contributed by atoms with E-state index in [2.05, 4.69) is 6.92 Å². The first-order chi connectivity index (χ1) is 8.63. The van der Waals surface area contributed by atoms with Crippen molar-refractivity contribution in [2.45, 2.75) is 51.6 Å². The second-order valence-corrected chi connectivity index (χ2v) is 4.63. The summed E-state index contributed by atoms with van der Waals surface area (Å²) >= 11 is 0. The third kappa shape index (κ3) is 5.27. The number of non-ortho nitro benzene ring substituents is 1. The Kier molecular flexibility index (Phi) is 6.36. The van der Waals surface area contributed by atoms with Gasteiger partial charge in [0, 0.05) is 12.1 Å². The van der Waals surface area contributed by atoms with Crippen LogP contribution in [0.4, 0.5) is 5.69 Å². The van der Waals surface area contributed by atoms with Crippen LogP contribution in [0.1, 0.15) is 44.6 Å². The van der Waals surface area contributed by atoms with Gasteiger partial charge in [0.25, 0.3) is 5.69 Å². The average Bonchev–Trinajstić information content (AvgIpc) is 2.35. The number of nitro benzene ring substituents is 1. The van der Waals surface area contributed by atoms with E-state index in [1.165, 1.54) is 25.0 Å². The van der Waals surface area contributed by atoms with Crippen LogP contribution in [0.3, 0.4) is 0 Å². The highest BCUT2D eigenvalue weighted by Gasteiger charge is 2.08. The first-order valence-corrected chi connectivity index (χ1v) is 6.55. The van der Waals surface area contributed by atoms with Gasteiger partial charge in [-0.05, 0) is 18.4 Å². The van der Waals surface area contributed by atoms with Crippen LogP contribution in [0.5, 0.6) is 0 Å². The van der Waals surface area contributed by atoms with Crippen LogP contribution in [0.15, 0.2) is 24.3 Å². The van der Waals surface area contributed by atoms with Crippen molar-refractivity contribution in [1.29, 1.82) is 0 Å². The summed E-state index contributed by atoms with van der Waals surface area (Å²) in [6, 6.07) is 6.40. The van der Waals surface area contributed by atoms with Crippen molar-refractivity contribution >= 4 is 5.69 Å². The summed E-state index contributed by atoms with van der Waals surface area (Å²) in [5.41, 5.74) is 1.04. The van der Waals surface area contributed by atoms with Crippen LogP contribution in [0.25, 0.3) is 0 Å². The zero-order valence-electron chi connectivity index (χ0n) is 10.8. The van der Waals surface area contributed by atoms with Crippen LogP contribution >= 0.6 is 0 Å². The molecule has 0 saturated carbocycles.